The molecule has 0 bridgehead atoms. The van der Waals surface area contributed by atoms with Gasteiger partial charge in [-0.15, -0.1) is 0 Å². The zero-order chi connectivity index (χ0) is 21.1. The fourth-order valence-corrected chi connectivity index (χ4v) is 3.21. The van der Waals surface area contributed by atoms with E-state index in [9.17, 15) is 15.0 Å². The number of rotatable bonds is 11. The topological polar surface area (TPSA) is 85.2 Å². The second-order valence-electron chi connectivity index (χ2n) is 6.93. The highest BCUT2D eigenvalue weighted by Crippen LogP contribution is 2.26. The van der Waals surface area contributed by atoms with Gasteiger partial charge in [0, 0.05) is 17.4 Å². The first-order valence-corrected chi connectivity index (χ1v) is 10.1. The molecule has 1 saturated heterocycles. The Balaban J connectivity index is 1.75. The third-order valence-corrected chi connectivity index (χ3v) is 4.90. The molecule has 160 valence electrons. The first-order valence-electron chi connectivity index (χ1n) is 9.76. The number of ether oxygens (including phenoxy) is 3. The van der Waals surface area contributed by atoms with Crippen LogP contribution in [0.15, 0.2) is 48.6 Å². The summed E-state index contributed by atoms with van der Waals surface area (Å²) in [6.45, 7) is 0.363. The average Bonchev–Trinajstić information content (AvgIpc) is 3.06. The molecular formula is C22H29ClO6. The Morgan fingerprint density at radius 2 is 2.24 bits per heavy atom. The third-order valence-electron chi connectivity index (χ3n) is 4.67. The fourth-order valence-electron chi connectivity index (χ4n) is 3.03. The van der Waals surface area contributed by atoms with Crippen LogP contribution in [-0.4, -0.2) is 54.8 Å². The first-order chi connectivity index (χ1) is 14.0. The zero-order valence-corrected chi connectivity index (χ0v) is 17.3. The van der Waals surface area contributed by atoms with Crippen molar-refractivity contribution in [1.29, 1.82) is 0 Å². The van der Waals surface area contributed by atoms with Crippen LogP contribution in [0.3, 0.4) is 0 Å². The molecule has 0 aliphatic carbocycles. The minimum atomic E-state index is -0.801. The van der Waals surface area contributed by atoms with Crippen molar-refractivity contribution in [1.82, 2.24) is 0 Å². The van der Waals surface area contributed by atoms with Crippen LogP contribution in [0.2, 0.25) is 5.02 Å². The third kappa shape index (κ3) is 8.58. The number of halogens is 1. The lowest BCUT2D eigenvalue weighted by atomic mass is 9.94. The van der Waals surface area contributed by atoms with Gasteiger partial charge in [0.15, 0.2) is 0 Å². The van der Waals surface area contributed by atoms with Gasteiger partial charge in [0.25, 0.3) is 0 Å². The Hall–Kier alpha value is -1.86. The maximum Gasteiger partial charge on any atom is 0.305 e. The van der Waals surface area contributed by atoms with Gasteiger partial charge in [0.2, 0.25) is 0 Å². The number of carbonyl (C=O) groups excluding carboxylic acids is 1. The van der Waals surface area contributed by atoms with Crippen molar-refractivity contribution in [3.63, 3.8) is 0 Å². The molecule has 1 aromatic carbocycles. The zero-order valence-electron chi connectivity index (χ0n) is 16.6. The lowest BCUT2D eigenvalue weighted by molar-refractivity contribution is -0.140. The molecule has 1 aliphatic rings. The van der Waals surface area contributed by atoms with Crippen molar-refractivity contribution in [2.24, 2.45) is 5.92 Å². The van der Waals surface area contributed by atoms with Gasteiger partial charge in [-0.2, -0.15) is 0 Å². The molecule has 0 amide bonds. The summed E-state index contributed by atoms with van der Waals surface area (Å²) in [4.78, 5) is 11.1. The standard InChI is InChI=1S/C22H29ClO6/c1-27-22(26)10-5-3-2-4-9-19-20(25)15-29-21(19)12-11-17(24)14-28-18-8-6-7-16(23)13-18/h2,4,6-8,11-13,17,19-21,24-25H,3,5,9-10,14-15H2,1H3/t17?,19-,20?,21+/m0/s1. The van der Waals surface area contributed by atoms with Gasteiger partial charge >= 0.3 is 5.97 Å². The molecular weight excluding hydrogens is 396 g/mol. The number of hydrogen-bond acceptors (Lipinski definition) is 6. The molecule has 0 aromatic heterocycles. The van der Waals surface area contributed by atoms with Gasteiger partial charge in [-0.3, -0.25) is 4.79 Å². The number of esters is 1. The summed E-state index contributed by atoms with van der Waals surface area (Å²) >= 11 is 5.90. The first kappa shape index (κ1) is 23.4. The van der Waals surface area contributed by atoms with Crippen LogP contribution in [-0.2, 0) is 14.3 Å². The molecule has 4 atom stereocenters. The predicted molar refractivity (Wildman–Crippen MR) is 111 cm³/mol. The van der Waals surface area contributed by atoms with Crippen LogP contribution in [0.5, 0.6) is 5.75 Å². The van der Waals surface area contributed by atoms with Crippen LogP contribution in [0.4, 0.5) is 0 Å². The highest BCUT2D eigenvalue weighted by Gasteiger charge is 2.33. The van der Waals surface area contributed by atoms with Crippen molar-refractivity contribution in [3.05, 3.63) is 53.6 Å². The van der Waals surface area contributed by atoms with Crippen molar-refractivity contribution in [2.45, 2.75) is 44.0 Å². The summed E-state index contributed by atoms with van der Waals surface area (Å²) < 4.78 is 15.8. The molecule has 7 heteroatoms. The van der Waals surface area contributed by atoms with Crippen LogP contribution >= 0.6 is 11.6 Å². The van der Waals surface area contributed by atoms with Gasteiger partial charge in [-0.25, -0.2) is 0 Å². The molecule has 2 unspecified atom stereocenters. The lowest BCUT2D eigenvalue weighted by Gasteiger charge is -2.16. The largest absolute Gasteiger partial charge is 0.491 e. The Morgan fingerprint density at radius 3 is 3.00 bits per heavy atom. The van der Waals surface area contributed by atoms with Gasteiger partial charge < -0.3 is 24.4 Å². The summed E-state index contributed by atoms with van der Waals surface area (Å²) in [5, 5.41) is 20.8. The number of allylic oxidation sites excluding steroid dienone is 2. The van der Waals surface area contributed by atoms with E-state index in [1.54, 1.807) is 36.4 Å². The number of aliphatic hydroxyl groups excluding tert-OH is 2. The molecule has 6 nitrogen and oxygen atoms in total. The smallest absolute Gasteiger partial charge is 0.305 e. The van der Waals surface area contributed by atoms with E-state index in [4.69, 9.17) is 21.1 Å². The molecule has 2 rings (SSSR count). The molecule has 2 N–H and O–H groups in total. The maximum atomic E-state index is 11.1. The molecule has 1 heterocycles. The lowest BCUT2D eigenvalue weighted by Crippen LogP contribution is -2.23. The highest BCUT2D eigenvalue weighted by molar-refractivity contribution is 6.30. The Morgan fingerprint density at radius 1 is 1.41 bits per heavy atom. The normalized spacial score (nSPS) is 23.0. The van der Waals surface area contributed by atoms with Crippen LogP contribution in [0.1, 0.15) is 25.7 Å². The second kappa shape index (κ2) is 12.6. The second-order valence-corrected chi connectivity index (χ2v) is 7.36. The molecule has 0 radical (unpaired) electrons. The Kier molecular flexibility index (Phi) is 10.2. The number of aliphatic hydroxyl groups is 2. The van der Waals surface area contributed by atoms with Gasteiger partial charge in [-0.05, 0) is 37.5 Å². The molecule has 1 aliphatic heterocycles. The molecule has 0 spiro atoms. The van der Waals surface area contributed by atoms with E-state index in [2.05, 4.69) is 4.74 Å². The van der Waals surface area contributed by atoms with E-state index in [0.717, 1.165) is 12.8 Å². The maximum absolute atomic E-state index is 11.1. The van der Waals surface area contributed by atoms with Crippen molar-refractivity contribution >= 4 is 17.6 Å². The summed E-state index contributed by atoms with van der Waals surface area (Å²) in [6, 6.07) is 6.98. The summed E-state index contributed by atoms with van der Waals surface area (Å²) in [5.74, 6) is 0.304. The Bertz CT molecular complexity index is 690. The van der Waals surface area contributed by atoms with E-state index >= 15 is 0 Å². The monoisotopic (exact) mass is 424 g/mol. The van der Waals surface area contributed by atoms with Gasteiger partial charge in [-0.1, -0.05) is 42.0 Å². The van der Waals surface area contributed by atoms with E-state index < -0.39 is 12.2 Å². The van der Waals surface area contributed by atoms with Crippen LogP contribution < -0.4 is 4.74 Å². The number of methoxy groups -OCH3 is 1. The highest BCUT2D eigenvalue weighted by atomic mass is 35.5. The van der Waals surface area contributed by atoms with E-state index in [1.807, 2.05) is 12.2 Å². The minimum Gasteiger partial charge on any atom is -0.491 e. The molecule has 1 fully saturated rings. The number of benzene rings is 1. The number of hydrogen-bond donors (Lipinski definition) is 2. The fraction of sp³-hybridized carbons (Fsp3) is 0.500. The summed E-state index contributed by atoms with van der Waals surface area (Å²) in [5.41, 5.74) is 0. The van der Waals surface area contributed by atoms with E-state index in [1.165, 1.54) is 7.11 Å². The molecule has 1 aromatic rings. The predicted octanol–water partition coefficient (Wildman–Crippen LogP) is 3.30. The van der Waals surface area contributed by atoms with Gasteiger partial charge in [0.1, 0.15) is 18.5 Å². The van der Waals surface area contributed by atoms with Crippen LogP contribution in [0.25, 0.3) is 0 Å². The van der Waals surface area contributed by atoms with Crippen molar-refractivity contribution in [3.8, 4) is 5.75 Å². The minimum absolute atomic E-state index is 0.0795. The van der Waals surface area contributed by atoms with Crippen molar-refractivity contribution < 1.29 is 29.2 Å². The van der Waals surface area contributed by atoms with Crippen LogP contribution in [0, 0.1) is 5.92 Å². The quantitative estimate of drug-likeness (QED) is 0.322. The van der Waals surface area contributed by atoms with E-state index in [-0.39, 0.29) is 31.2 Å². The Labute approximate surface area is 176 Å². The summed E-state index contributed by atoms with van der Waals surface area (Å²) in [7, 11) is 1.38. The average molecular weight is 425 g/mol. The van der Waals surface area contributed by atoms with Crippen molar-refractivity contribution in [2.75, 3.05) is 20.3 Å². The van der Waals surface area contributed by atoms with E-state index in [0.29, 0.717) is 23.6 Å². The molecule has 0 saturated carbocycles. The van der Waals surface area contributed by atoms with Gasteiger partial charge in [0.05, 0.1) is 25.9 Å². The number of unbranched alkanes of at least 4 members (excludes halogenated alkanes) is 1. The molecule has 29 heavy (non-hydrogen) atoms. The SMILES string of the molecule is COC(=O)CCCC=CC[C@H]1C(O)CO[C@@H]1C=CC(O)COc1cccc(Cl)c1. The summed E-state index contributed by atoms with van der Waals surface area (Å²) in [6.07, 6.45) is 8.34. The number of carbonyl (C=O) groups is 1.